The van der Waals surface area contributed by atoms with Crippen molar-refractivity contribution < 1.29 is 8.42 Å². The molecule has 2 aromatic carbocycles. The molecule has 0 bridgehead atoms. The molecule has 0 radical (unpaired) electrons. The maximum atomic E-state index is 13.0. The van der Waals surface area contributed by atoms with Crippen LogP contribution < -0.4 is 0 Å². The van der Waals surface area contributed by atoms with Crippen LogP contribution in [0.4, 0.5) is 0 Å². The minimum atomic E-state index is -3.45. The molecule has 0 aromatic heterocycles. The molecule has 0 saturated carbocycles. The molecule has 3 nitrogen and oxygen atoms in total. The minimum absolute atomic E-state index is 0.428. The van der Waals surface area contributed by atoms with Crippen LogP contribution in [0.2, 0.25) is 0 Å². The summed E-state index contributed by atoms with van der Waals surface area (Å²) in [5.41, 5.74) is 3.21. The standard InChI is InChI=1S/C17H18BrNO2S/c1-2-13-11-16(18)7-8-17(13)22(20,21)19-10-9-14-5-3-4-6-15(14)12-19/h3-8,11H,2,9-10,12H2,1H3. The van der Waals surface area contributed by atoms with Gasteiger partial charge in [0.05, 0.1) is 4.90 Å². The number of fused-ring (bicyclic) bond motifs is 1. The molecule has 1 aliphatic rings. The molecule has 1 heterocycles. The van der Waals surface area contributed by atoms with Crippen molar-refractivity contribution in [2.75, 3.05) is 6.54 Å². The smallest absolute Gasteiger partial charge is 0.207 e. The monoisotopic (exact) mass is 379 g/mol. The lowest BCUT2D eigenvalue weighted by atomic mass is 10.0. The Morgan fingerprint density at radius 2 is 1.86 bits per heavy atom. The molecular formula is C17H18BrNO2S. The highest BCUT2D eigenvalue weighted by Crippen LogP contribution is 2.28. The van der Waals surface area contributed by atoms with E-state index in [0.29, 0.717) is 24.4 Å². The van der Waals surface area contributed by atoms with Gasteiger partial charge in [0.2, 0.25) is 10.0 Å². The molecule has 0 N–H and O–H groups in total. The number of benzene rings is 2. The zero-order chi connectivity index (χ0) is 15.7. The fourth-order valence-electron chi connectivity index (χ4n) is 2.89. The second kappa shape index (κ2) is 6.14. The van der Waals surface area contributed by atoms with Crippen LogP contribution in [0.3, 0.4) is 0 Å². The Balaban J connectivity index is 1.98. The number of hydrogen-bond donors (Lipinski definition) is 0. The van der Waals surface area contributed by atoms with Gasteiger partial charge in [0.1, 0.15) is 0 Å². The van der Waals surface area contributed by atoms with E-state index in [2.05, 4.69) is 22.0 Å². The Labute approximate surface area is 140 Å². The number of rotatable bonds is 3. The first-order valence-corrected chi connectivity index (χ1v) is 9.61. The second-order valence-corrected chi connectivity index (χ2v) is 8.28. The van der Waals surface area contributed by atoms with E-state index in [1.54, 1.807) is 16.4 Å². The van der Waals surface area contributed by atoms with Crippen molar-refractivity contribution in [3.63, 3.8) is 0 Å². The quantitative estimate of drug-likeness (QED) is 0.813. The molecule has 0 aliphatic carbocycles. The summed E-state index contributed by atoms with van der Waals surface area (Å²) in [5, 5.41) is 0. The van der Waals surface area contributed by atoms with E-state index in [4.69, 9.17) is 0 Å². The van der Waals surface area contributed by atoms with Gasteiger partial charge < -0.3 is 0 Å². The van der Waals surface area contributed by atoms with Gasteiger partial charge in [0.15, 0.2) is 0 Å². The average Bonchev–Trinajstić information content (AvgIpc) is 2.54. The maximum Gasteiger partial charge on any atom is 0.243 e. The van der Waals surface area contributed by atoms with Gasteiger partial charge in [-0.25, -0.2) is 8.42 Å². The molecule has 3 rings (SSSR count). The van der Waals surface area contributed by atoms with Gasteiger partial charge in [0.25, 0.3) is 0 Å². The summed E-state index contributed by atoms with van der Waals surface area (Å²) in [5.74, 6) is 0. The van der Waals surface area contributed by atoms with Gasteiger partial charge >= 0.3 is 0 Å². The van der Waals surface area contributed by atoms with Crippen LogP contribution in [0, 0.1) is 0 Å². The summed E-state index contributed by atoms with van der Waals surface area (Å²) in [6.45, 7) is 2.97. The van der Waals surface area contributed by atoms with Crippen LogP contribution in [0.15, 0.2) is 51.8 Å². The summed E-state index contributed by atoms with van der Waals surface area (Å²) in [7, 11) is -3.45. The molecule has 0 unspecified atom stereocenters. The lowest BCUT2D eigenvalue weighted by Crippen LogP contribution is -2.36. The van der Waals surface area contributed by atoms with Gasteiger partial charge in [-0.2, -0.15) is 4.31 Å². The Hall–Kier alpha value is -1.17. The first kappa shape index (κ1) is 15.7. The van der Waals surface area contributed by atoms with Crippen LogP contribution in [-0.4, -0.2) is 19.3 Å². The Morgan fingerprint density at radius 1 is 1.14 bits per heavy atom. The lowest BCUT2D eigenvalue weighted by Gasteiger charge is -2.28. The second-order valence-electron chi connectivity index (χ2n) is 5.46. The van der Waals surface area contributed by atoms with Crippen LogP contribution in [-0.2, 0) is 29.4 Å². The largest absolute Gasteiger partial charge is 0.243 e. The molecule has 0 fully saturated rings. The van der Waals surface area contributed by atoms with Crippen molar-refractivity contribution in [3.05, 3.63) is 63.6 Å². The van der Waals surface area contributed by atoms with E-state index in [9.17, 15) is 8.42 Å². The van der Waals surface area contributed by atoms with Crippen molar-refractivity contribution in [2.45, 2.75) is 31.2 Å². The molecule has 0 atom stereocenters. The van der Waals surface area contributed by atoms with E-state index in [1.165, 1.54) is 5.56 Å². The van der Waals surface area contributed by atoms with Crippen molar-refractivity contribution >= 4 is 26.0 Å². The van der Waals surface area contributed by atoms with E-state index in [-0.39, 0.29) is 0 Å². The Kier molecular flexibility index (Phi) is 4.39. The van der Waals surface area contributed by atoms with E-state index < -0.39 is 10.0 Å². The van der Waals surface area contributed by atoms with E-state index in [1.807, 2.05) is 31.2 Å². The molecule has 5 heteroatoms. The highest BCUT2D eigenvalue weighted by molar-refractivity contribution is 9.10. The van der Waals surface area contributed by atoms with Gasteiger partial charge in [-0.15, -0.1) is 0 Å². The van der Waals surface area contributed by atoms with Crippen molar-refractivity contribution in [3.8, 4) is 0 Å². The summed E-state index contributed by atoms with van der Waals surface area (Å²) in [6, 6.07) is 13.5. The molecular weight excluding hydrogens is 362 g/mol. The number of aryl methyl sites for hydroxylation is 1. The van der Waals surface area contributed by atoms with Crippen LogP contribution in [0.1, 0.15) is 23.6 Å². The number of hydrogen-bond acceptors (Lipinski definition) is 2. The van der Waals surface area contributed by atoms with Crippen LogP contribution >= 0.6 is 15.9 Å². The number of nitrogens with zero attached hydrogens (tertiary/aromatic N) is 1. The molecule has 22 heavy (non-hydrogen) atoms. The Bertz CT molecular complexity index is 802. The first-order valence-electron chi connectivity index (χ1n) is 7.37. The summed E-state index contributed by atoms with van der Waals surface area (Å²) < 4.78 is 28.5. The normalized spacial score (nSPS) is 15.5. The molecule has 1 aliphatic heterocycles. The van der Waals surface area contributed by atoms with Crippen molar-refractivity contribution in [2.24, 2.45) is 0 Å². The summed E-state index contributed by atoms with van der Waals surface area (Å²) >= 11 is 3.41. The molecule has 116 valence electrons. The first-order chi connectivity index (χ1) is 10.5. The van der Waals surface area contributed by atoms with Crippen LogP contribution in [0.25, 0.3) is 0 Å². The third-order valence-electron chi connectivity index (χ3n) is 4.12. The SMILES string of the molecule is CCc1cc(Br)ccc1S(=O)(=O)N1CCc2ccccc2C1. The average molecular weight is 380 g/mol. The zero-order valence-electron chi connectivity index (χ0n) is 12.4. The van der Waals surface area contributed by atoms with Crippen LogP contribution in [0.5, 0.6) is 0 Å². The summed E-state index contributed by atoms with van der Waals surface area (Å²) in [4.78, 5) is 0.428. The summed E-state index contributed by atoms with van der Waals surface area (Å²) in [6.07, 6.45) is 1.46. The highest BCUT2D eigenvalue weighted by atomic mass is 79.9. The minimum Gasteiger partial charge on any atom is -0.207 e. The zero-order valence-corrected chi connectivity index (χ0v) is 14.8. The van der Waals surface area contributed by atoms with Gasteiger partial charge in [-0.3, -0.25) is 0 Å². The molecule has 0 spiro atoms. The van der Waals surface area contributed by atoms with Crippen molar-refractivity contribution in [1.29, 1.82) is 0 Å². The maximum absolute atomic E-state index is 13.0. The predicted molar refractivity (Wildman–Crippen MR) is 91.3 cm³/mol. The lowest BCUT2D eigenvalue weighted by molar-refractivity contribution is 0.391. The van der Waals surface area contributed by atoms with E-state index in [0.717, 1.165) is 22.0 Å². The van der Waals surface area contributed by atoms with Crippen molar-refractivity contribution in [1.82, 2.24) is 4.31 Å². The fourth-order valence-corrected chi connectivity index (χ4v) is 4.99. The molecule has 0 saturated heterocycles. The fraction of sp³-hybridized carbons (Fsp3) is 0.294. The van der Waals surface area contributed by atoms with Gasteiger partial charge in [0, 0.05) is 17.6 Å². The predicted octanol–water partition coefficient (Wildman–Crippen LogP) is 3.76. The highest BCUT2D eigenvalue weighted by Gasteiger charge is 2.29. The molecule has 2 aromatic rings. The molecule has 0 amide bonds. The third-order valence-corrected chi connectivity index (χ3v) is 6.56. The Morgan fingerprint density at radius 3 is 2.59 bits per heavy atom. The number of sulfonamides is 1. The number of halogens is 1. The van der Waals surface area contributed by atoms with E-state index >= 15 is 0 Å². The van der Waals surface area contributed by atoms with Gasteiger partial charge in [-0.1, -0.05) is 47.1 Å². The third kappa shape index (κ3) is 2.85. The topological polar surface area (TPSA) is 37.4 Å². The van der Waals surface area contributed by atoms with Gasteiger partial charge in [-0.05, 0) is 47.7 Å².